The molecule has 6 nitrogen and oxygen atoms in total. The van der Waals surface area contributed by atoms with Gasteiger partial charge in [-0.1, -0.05) is 43.9 Å². The van der Waals surface area contributed by atoms with E-state index in [1.165, 1.54) is 0 Å². The standard InChI is InChI=1S/C25H22N2O4/c1-3-5-6-9-15-16-10-7-8-11-20(16)26-22-17(15)13-27-21(22)12-19-18(23(27)28)14-31-24(29)25(19,30)4-2/h7-8,10-12,30H,3-5,13-14H2,1-2H3/t25-/m0/s1. The lowest BCUT2D eigenvalue weighted by atomic mass is 9.86. The third-order valence-electron chi connectivity index (χ3n) is 6.18. The first-order valence-corrected chi connectivity index (χ1v) is 10.6. The first-order valence-electron chi connectivity index (χ1n) is 10.6. The van der Waals surface area contributed by atoms with Crippen molar-refractivity contribution in [2.24, 2.45) is 0 Å². The van der Waals surface area contributed by atoms with Gasteiger partial charge in [0.25, 0.3) is 5.56 Å². The average molecular weight is 414 g/mol. The van der Waals surface area contributed by atoms with E-state index in [0.717, 1.165) is 34.9 Å². The molecule has 0 radical (unpaired) electrons. The van der Waals surface area contributed by atoms with E-state index in [9.17, 15) is 14.7 Å². The lowest BCUT2D eigenvalue weighted by Crippen LogP contribution is -2.44. The van der Waals surface area contributed by atoms with E-state index in [0.29, 0.717) is 29.1 Å². The Labute approximate surface area is 179 Å². The molecule has 2 aliphatic heterocycles. The van der Waals surface area contributed by atoms with Gasteiger partial charge in [0, 0.05) is 28.5 Å². The molecule has 0 spiro atoms. The van der Waals surface area contributed by atoms with Crippen molar-refractivity contribution in [2.45, 2.75) is 51.9 Å². The predicted molar refractivity (Wildman–Crippen MR) is 116 cm³/mol. The molecule has 4 heterocycles. The SMILES string of the molecule is CCCC#Cc1c2c(nc3ccccc13)-c1cc3c(c(=O)n1C2)COC(=O)[C@]3(O)CC. The summed E-state index contributed by atoms with van der Waals surface area (Å²) < 4.78 is 6.79. The molecular weight excluding hydrogens is 392 g/mol. The Morgan fingerprint density at radius 3 is 2.81 bits per heavy atom. The molecule has 31 heavy (non-hydrogen) atoms. The van der Waals surface area contributed by atoms with Crippen LogP contribution in [-0.4, -0.2) is 20.6 Å². The highest BCUT2D eigenvalue weighted by Gasteiger charge is 2.45. The molecule has 0 saturated heterocycles. The van der Waals surface area contributed by atoms with Crippen LogP contribution in [0.25, 0.3) is 22.3 Å². The Kier molecular flexibility index (Phi) is 4.45. The second-order valence-electron chi connectivity index (χ2n) is 7.99. The van der Waals surface area contributed by atoms with Crippen molar-refractivity contribution < 1.29 is 14.6 Å². The number of benzene rings is 1. The predicted octanol–water partition coefficient (Wildman–Crippen LogP) is 3.23. The van der Waals surface area contributed by atoms with Crippen LogP contribution >= 0.6 is 0 Å². The molecule has 1 N–H and O–H groups in total. The number of nitrogens with zero attached hydrogens (tertiary/aromatic N) is 2. The summed E-state index contributed by atoms with van der Waals surface area (Å²) in [6.07, 6.45) is 1.87. The smallest absolute Gasteiger partial charge is 0.343 e. The van der Waals surface area contributed by atoms with E-state index in [-0.39, 0.29) is 18.6 Å². The summed E-state index contributed by atoms with van der Waals surface area (Å²) in [5, 5.41) is 12.0. The van der Waals surface area contributed by atoms with E-state index >= 15 is 0 Å². The van der Waals surface area contributed by atoms with E-state index in [4.69, 9.17) is 9.72 Å². The zero-order valence-corrected chi connectivity index (χ0v) is 17.5. The van der Waals surface area contributed by atoms with Gasteiger partial charge in [-0.3, -0.25) is 4.79 Å². The number of cyclic esters (lactones) is 1. The molecule has 0 fully saturated rings. The number of carbonyl (C=O) groups is 1. The monoisotopic (exact) mass is 414 g/mol. The molecule has 156 valence electrons. The Bertz CT molecular complexity index is 1380. The first kappa shape index (κ1) is 19.5. The van der Waals surface area contributed by atoms with E-state index in [1.54, 1.807) is 17.6 Å². The van der Waals surface area contributed by atoms with Crippen LogP contribution in [0, 0.1) is 11.8 Å². The normalized spacial score (nSPS) is 18.6. The van der Waals surface area contributed by atoms with Crippen molar-refractivity contribution in [3.05, 3.63) is 62.9 Å². The quantitative estimate of drug-likeness (QED) is 0.402. The molecule has 1 aromatic carbocycles. The molecule has 0 amide bonds. The van der Waals surface area contributed by atoms with Crippen molar-refractivity contribution in [1.29, 1.82) is 0 Å². The minimum atomic E-state index is -1.83. The average Bonchev–Trinajstić information content (AvgIpc) is 3.15. The third-order valence-corrected chi connectivity index (χ3v) is 6.18. The largest absolute Gasteiger partial charge is 0.458 e. The molecule has 0 aliphatic carbocycles. The van der Waals surface area contributed by atoms with E-state index in [1.807, 2.05) is 24.3 Å². The fourth-order valence-corrected chi connectivity index (χ4v) is 4.45. The Morgan fingerprint density at radius 2 is 2.03 bits per heavy atom. The number of hydrogen-bond acceptors (Lipinski definition) is 5. The lowest BCUT2D eigenvalue weighted by molar-refractivity contribution is -0.172. The van der Waals surface area contributed by atoms with Crippen LogP contribution in [0.3, 0.4) is 0 Å². The number of ether oxygens (including phenoxy) is 1. The number of aromatic nitrogens is 2. The molecule has 0 saturated carbocycles. The lowest BCUT2D eigenvalue weighted by Gasteiger charge is -2.31. The highest BCUT2D eigenvalue weighted by atomic mass is 16.6. The minimum Gasteiger partial charge on any atom is -0.458 e. The van der Waals surface area contributed by atoms with Gasteiger partial charge in [0.05, 0.1) is 29.0 Å². The molecule has 1 atom stereocenters. The highest BCUT2D eigenvalue weighted by molar-refractivity contribution is 5.91. The maximum absolute atomic E-state index is 13.3. The Balaban J connectivity index is 1.81. The topological polar surface area (TPSA) is 81.4 Å². The van der Waals surface area contributed by atoms with Crippen LogP contribution in [0.2, 0.25) is 0 Å². The van der Waals surface area contributed by atoms with Gasteiger partial charge in [0.1, 0.15) is 6.61 Å². The summed E-state index contributed by atoms with van der Waals surface area (Å²) >= 11 is 0. The maximum atomic E-state index is 13.3. The highest BCUT2D eigenvalue weighted by Crippen LogP contribution is 2.39. The van der Waals surface area contributed by atoms with Crippen molar-refractivity contribution >= 4 is 16.9 Å². The number of hydrogen-bond donors (Lipinski definition) is 1. The van der Waals surface area contributed by atoms with Gasteiger partial charge in [-0.05, 0) is 25.0 Å². The molecule has 3 aromatic rings. The summed E-state index contributed by atoms with van der Waals surface area (Å²) in [6, 6.07) is 9.54. The molecule has 2 aromatic heterocycles. The van der Waals surface area contributed by atoms with Crippen molar-refractivity contribution in [3.63, 3.8) is 0 Å². The van der Waals surface area contributed by atoms with Crippen molar-refractivity contribution in [1.82, 2.24) is 9.55 Å². The fourth-order valence-electron chi connectivity index (χ4n) is 4.45. The van der Waals surface area contributed by atoms with Gasteiger partial charge in [0.15, 0.2) is 5.60 Å². The number of carbonyl (C=O) groups excluding carboxylic acids is 1. The van der Waals surface area contributed by atoms with E-state index < -0.39 is 11.6 Å². The summed E-state index contributed by atoms with van der Waals surface area (Å²) in [5.74, 6) is 5.82. The molecule has 2 aliphatic rings. The summed E-state index contributed by atoms with van der Waals surface area (Å²) in [4.78, 5) is 30.5. The van der Waals surface area contributed by atoms with Crippen LogP contribution < -0.4 is 5.56 Å². The zero-order valence-electron chi connectivity index (χ0n) is 17.5. The number of para-hydroxylation sites is 1. The Hall–Kier alpha value is -3.43. The van der Waals surface area contributed by atoms with E-state index in [2.05, 4.69) is 18.8 Å². The van der Waals surface area contributed by atoms with Crippen LogP contribution in [0.1, 0.15) is 55.4 Å². The van der Waals surface area contributed by atoms with Crippen LogP contribution in [0.15, 0.2) is 35.1 Å². The van der Waals surface area contributed by atoms with Gasteiger partial charge in [-0.15, -0.1) is 0 Å². The molecule has 0 unspecified atom stereocenters. The molecule has 5 rings (SSSR count). The summed E-state index contributed by atoms with van der Waals surface area (Å²) in [5.41, 5.74) is 2.41. The van der Waals surface area contributed by atoms with Crippen molar-refractivity contribution in [2.75, 3.05) is 0 Å². The van der Waals surface area contributed by atoms with Crippen molar-refractivity contribution in [3.8, 4) is 23.2 Å². The van der Waals surface area contributed by atoms with Gasteiger partial charge >= 0.3 is 5.97 Å². The summed E-state index contributed by atoms with van der Waals surface area (Å²) in [6.45, 7) is 4.00. The first-order chi connectivity index (χ1) is 15.0. The molecule has 6 heteroatoms. The third kappa shape index (κ3) is 2.74. The zero-order chi connectivity index (χ0) is 21.8. The number of rotatable bonds is 2. The second-order valence-corrected chi connectivity index (χ2v) is 7.99. The van der Waals surface area contributed by atoms with Crippen LogP contribution in [0.5, 0.6) is 0 Å². The van der Waals surface area contributed by atoms with Crippen LogP contribution in [-0.2, 0) is 28.3 Å². The van der Waals surface area contributed by atoms with Gasteiger partial charge in [0.2, 0.25) is 0 Å². The molecular formula is C25H22N2O4. The Morgan fingerprint density at radius 1 is 1.23 bits per heavy atom. The van der Waals surface area contributed by atoms with Gasteiger partial charge < -0.3 is 14.4 Å². The number of pyridine rings is 2. The van der Waals surface area contributed by atoms with Crippen LogP contribution in [0.4, 0.5) is 0 Å². The van der Waals surface area contributed by atoms with Gasteiger partial charge in [-0.2, -0.15) is 0 Å². The fraction of sp³-hybridized carbons (Fsp3) is 0.320. The minimum absolute atomic E-state index is 0.119. The number of unbranched alkanes of at least 4 members (excludes halogenated alkanes) is 1. The van der Waals surface area contributed by atoms with Gasteiger partial charge in [-0.25, -0.2) is 9.78 Å². The number of aliphatic hydroxyl groups is 1. The molecule has 0 bridgehead atoms. The number of esters is 1. The maximum Gasteiger partial charge on any atom is 0.343 e. The number of fused-ring (bicyclic) bond motifs is 5. The summed E-state index contributed by atoms with van der Waals surface area (Å²) in [7, 11) is 0. The second kappa shape index (κ2) is 7.07.